The number of benzene rings is 1. The van der Waals surface area contributed by atoms with Gasteiger partial charge in [0.25, 0.3) is 0 Å². The average Bonchev–Trinajstić information content (AvgIpc) is 2.43. The number of hydrazone groups is 1. The first-order valence-electron chi connectivity index (χ1n) is 5.02. The smallest absolute Gasteiger partial charge is 0.0711 e. The highest BCUT2D eigenvalue weighted by Crippen LogP contribution is 2.26. The van der Waals surface area contributed by atoms with Crippen LogP contribution in [0.5, 0.6) is 0 Å². The van der Waals surface area contributed by atoms with Crippen molar-refractivity contribution >= 4 is 5.71 Å². The van der Waals surface area contributed by atoms with E-state index in [4.69, 9.17) is 0 Å². The van der Waals surface area contributed by atoms with Crippen LogP contribution < -0.4 is 0 Å². The number of nitrogens with zero attached hydrogens (tertiary/aromatic N) is 2. The Morgan fingerprint density at radius 3 is 2.71 bits per heavy atom. The van der Waals surface area contributed by atoms with E-state index in [1.807, 2.05) is 19.1 Å². The minimum absolute atomic E-state index is 0.551. The quantitative estimate of drug-likeness (QED) is 0.616. The Balaban J connectivity index is 2.44. The maximum atomic E-state index is 4.55. The van der Waals surface area contributed by atoms with Gasteiger partial charge in [0.1, 0.15) is 0 Å². The van der Waals surface area contributed by atoms with Gasteiger partial charge in [-0.25, -0.2) is 0 Å². The van der Waals surface area contributed by atoms with Gasteiger partial charge in [0.15, 0.2) is 0 Å². The van der Waals surface area contributed by atoms with E-state index in [-0.39, 0.29) is 0 Å². The normalized spacial score (nSPS) is 22.5. The van der Waals surface area contributed by atoms with Gasteiger partial charge in [0.05, 0.1) is 5.71 Å². The SMILES string of the molecule is CC1Cc2ccccc2/C1=N/N(C)C. The molecule has 2 nitrogen and oxygen atoms in total. The summed E-state index contributed by atoms with van der Waals surface area (Å²) < 4.78 is 0. The standard InChI is InChI=1S/C12H16N2/c1-9-8-10-6-4-5-7-11(10)12(9)13-14(2)3/h4-7,9H,8H2,1-3H3/b13-12+. The van der Waals surface area contributed by atoms with Crippen LogP contribution in [0.25, 0.3) is 0 Å². The van der Waals surface area contributed by atoms with Crippen LogP contribution in [0.4, 0.5) is 0 Å². The molecule has 2 rings (SSSR count). The Morgan fingerprint density at radius 2 is 2.00 bits per heavy atom. The predicted octanol–water partition coefficient (Wildman–Crippen LogP) is 2.14. The van der Waals surface area contributed by atoms with Crippen LogP contribution in [0.3, 0.4) is 0 Å². The largest absolute Gasteiger partial charge is 0.303 e. The minimum Gasteiger partial charge on any atom is -0.303 e. The zero-order valence-corrected chi connectivity index (χ0v) is 8.99. The molecule has 0 aliphatic heterocycles. The van der Waals surface area contributed by atoms with Crippen molar-refractivity contribution in [1.82, 2.24) is 5.01 Å². The average molecular weight is 188 g/mol. The van der Waals surface area contributed by atoms with Gasteiger partial charge in [-0.3, -0.25) is 0 Å². The van der Waals surface area contributed by atoms with Crippen molar-refractivity contribution in [2.24, 2.45) is 11.0 Å². The van der Waals surface area contributed by atoms with Crippen LogP contribution in [0, 0.1) is 5.92 Å². The van der Waals surface area contributed by atoms with E-state index in [1.54, 1.807) is 0 Å². The monoisotopic (exact) mass is 188 g/mol. The van der Waals surface area contributed by atoms with Gasteiger partial charge in [-0.15, -0.1) is 0 Å². The third kappa shape index (κ3) is 1.52. The summed E-state index contributed by atoms with van der Waals surface area (Å²) in [5.41, 5.74) is 3.99. The maximum absolute atomic E-state index is 4.55. The molecule has 14 heavy (non-hydrogen) atoms. The Hall–Kier alpha value is -1.31. The molecule has 0 bridgehead atoms. The molecule has 1 unspecified atom stereocenters. The first-order valence-corrected chi connectivity index (χ1v) is 5.02. The minimum atomic E-state index is 0.551. The molecule has 0 spiro atoms. The molecule has 0 amide bonds. The highest BCUT2D eigenvalue weighted by molar-refractivity contribution is 6.05. The molecule has 0 aromatic heterocycles. The molecule has 1 aromatic rings. The lowest BCUT2D eigenvalue weighted by atomic mass is 10.1. The van der Waals surface area contributed by atoms with E-state index >= 15 is 0 Å². The Morgan fingerprint density at radius 1 is 1.29 bits per heavy atom. The molecular weight excluding hydrogens is 172 g/mol. The van der Waals surface area contributed by atoms with Crippen molar-refractivity contribution in [3.63, 3.8) is 0 Å². The summed E-state index contributed by atoms with van der Waals surface area (Å²) in [7, 11) is 3.95. The topological polar surface area (TPSA) is 15.6 Å². The lowest BCUT2D eigenvalue weighted by molar-refractivity contribution is 0.434. The van der Waals surface area contributed by atoms with Crippen LogP contribution in [-0.2, 0) is 6.42 Å². The molecule has 1 aliphatic carbocycles. The first-order chi connectivity index (χ1) is 6.68. The number of rotatable bonds is 1. The van der Waals surface area contributed by atoms with Crippen LogP contribution in [0.1, 0.15) is 18.1 Å². The summed E-state index contributed by atoms with van der Waals surface area (Å²) in [5, 5.41) is 6.43. The Bertz CT molecular complexity index is 366. The van der Waals surface area contributed by atoms with Crippen LogP contribution in [0.2, 0.25) is 0 Å². The second kappa shape index (κ2) is 3.45. The van der Waals surface area contributed by atoms with Gasteiger partial charge in [0.2, 0.25) is 0 Å². The summed E-state index contributed by atoms with van der Waals surface area (Å²) in [6, 6.07) is 8.55. The zero-order valence-electron chi connectivity index (χ0n) is 8.99. The van der Waals surface area contributed by atoms with E-state index in [2.05, 4.69) is 36.3 Å². The molecule has 1 atom stereocenters. The van der Waals surface area contributed by atoms with E-state index in [0.717, 1.165) is 6.42 Å². The summed E-state index contributed by atoms with van der Waals surface area (Å²) >= 11 is 0. The highest BCUT2D eigenvalue weighted by Gasteiger charge is 2.24. The second-order valence-electron chi connectivity index (χ2n) is 4.09. The fourth-order valence-electron chi connectivity index (χ4n) is 2.01. The molecule has 2 heteroatoms. The van der Waals surface area contributed by atoms with Crippen molar-refractivity contribution in [3.05, 3.63) is 35.4 Å². The Kier molecular flexibility index (Phi) is 2.28. The van der Waals surface area contributed by atoms with E-state index < -0.39 is 0 Å². The number of hydrogen-bond donors (Lipinski definition) is 0. The van der Waals surface area contributed by atoms with Crippen LogP contribution in [0.15, 0.2) is 29.4 Å². The van der Waals surface area contributed by atoms with Gasteiger partial charge in [-0.2, -0.15) is 5.10 Å². The van der Waals surface area contributed by atoms with Crippen molar-refractivity contribution < 1.29 is 0 Å². The lowest BCUT2D eigenvalue weighted by Crippen LogP contribution is -2.13. The van der Waals surface area contributed by atoms with E-state index in [0.29, 0.717) is 5.92 Å². The fraction of sp³-hybridized carbons (Fsp3) is 0.417. The van der Waals surface area contributed by atoms with E-state index in [1.165, 1.54) is 16.8 Å². The van der Waals surface area contributed by atoms with Gasteiger partial charge in [-0.1, -0.05) is 31.2 Å². The molecule has 0 fully saturated rings. The van der Waals surface area contributed by atoms with Gasteiger partial charge >= 0.3 is 0 Å². The fourth-order valence-corrected chi connectivity index (χ4v) is 2.01. The maximum Gasteiger partial charge on any atom is 0.0711 e. The third-order valence-corrected chi connectivity index (χ3v) is 2.59. The number of hydrogen-bond acceptors (Lipinski definition) is 2. The third-order valence-electron chi connectivity index (χ3n) is 2.59. The molecule has 1 aliphatic rings. The van der Waals surface area contributed by atoms with Crippen molar-refractivity contribution in [3.8, 4) is 0 Å². The molecule has 0 radical (unpaired) electrons. The lowest BCUT2D eigenvalue weighted by Gasteiger charge is -2.09. The highest BCUT2D eigenvalue weighted by atomic mass is 15.4. The molecule has 0 N–H and O–H groups in total. The molecular formula is C12H16N2. The van der Waals surface area contributed by atoms with Crippen molar-refractivity contribution in [1.29, 1.82) is 0 Å². The summed E-state index contributed by atoms with van der Waals surface area (Å²) in [6.45, 7) is 2.24. The first kappa shape index (κ1) is 9.25. The molecule has 0 saturated heterocycles. The van der Waals surface area contributed by atoms with Gasteiger partial charge in [0, 0.05) is 25.6 Å². The molecule has 0 heterocycles. The van der Waals surface area contributed by atoms with Crippen LogP contribution >= 0.6 is 0 Å². The van der Waals surface area contributed by atoms with E-state index in [9.17, 15) is 0 Å². The summed E-state index contributed by atoms with van der Waals surface area (Å²) in [4.78, 5) is 0. The zero-order chi connectivity index (χ0) is 10.1. The number of fused-ring (bicyclic) bond motifs is 1. The molecule has 0 saturated carbocycles. The summed E-state index contributed by atoms with van der Waals surface area (Å²) in [6.07, 6.45) is 1.13. The predicted molar refractivity (Wildman–Crippen MR) is 59.5 cm³/mol. The van der Waals surface area contributed by atoms with Gasteiger partial charge < -0.3 is 5.01 Å². The summed E-state index contributed by atoms with van der Waals surface area (Å²) in [5.74, 6) is 0.551. The van der Waals surface area contributed by atoms with Crippen LogP contribution in [-0.4, -0.2) is 24.8 Å². The van der Waals surface area contributed by atoms with Crippen molar-refractivity contribution in [2.45, 2.75) is 13.3 Å². The molecule has 1 aromatic carbocycles. The van der Waals surface area contributed by atoms with Gasteiger partial charge in [-0.05, 0) is 12.0 Å². The second-order valence-corrected chi connectivity index (χ2v) is 4.09. The Labute approximate surface area is 85.2 Å². The van der Waals surface area contributed by atoms with Crippen molar-refractivity contribution in [2.75, 3.05) is 14.1 Å². The molecule has 74 valence electrons.